The van der Waals surface area contributed by atoms with Crippen LogP contribution in [0.4, 0.5) is 0 Å². The van der Waals surface area contributed by atoms with Crippen molar-refractivity contribution < 1.29 is 15.0 Å². The number of piperidine rings is 1. The number of hydrogen-bond acceptors (Lipinski definition) is 8. The number of piperazine rings is 1. The summed E-state index contributed by atoms with van der Waals surface area (Å²) in [5, 5.41) is 23.7. The number of nitrogens with one attached hydrogen (secondary N) is 1. The lowest BCUT2D eigenvalue weighted by atomic mass is 10.0. The molecule has 0 aromatic rings. The monoisotopic (exact) mass is 387 g/mol. The molecule has 0 aliphatic carbocycles. The lowest BCUT2D eigenvalue weighted by Gasteiger charge is -2.44. The Labute approximate surface area is 160 Å². The molecule has 0 aromatic heterocycles. The van der Waals surface area contributed by atoms with Gasteiger partial charge in [-0.15, -0.1) is 11.8 Å². The Bertz CT molecular complexity index is 503. The normalized spacial score (nSPS) is 34.8. The number of hydrogen-bond donors (Lipinski definition) is 4. The molecule has 0 aromatic carbocycles. The van der Waals surface area contributed by atoms with Crippen molar-refractivity contribution in [3.8, 4) is 0 Å². The average molecular weight is 388 g/mol. The molecule has 3 heterocycles. The highest BCUT2D eigenvalue weighted by Gasteiger charge is 2.47. The van der Waals surface area contributed by atoms with Crippen molar-refractivity contribution in [3.05, 3.63) is 0 Å². The van der Waals surface area contributed by atoms with Gasteiger partial charge in [0.1, 0.15) is 6.23 Å². The third-order valence-electron chi connectivity index (χ3n) is 5.84. The molecule has 3 aliphatic rings. The zero-order chi connectivity index (χ0) is 18.9. The SMILES string of the molecule is C[C@@H](O)[C@H](N)C(O)N1CCCC2(C1)N[C@H](C(=O)N1CCN(C)CC1)CS2. The lowest BCUT2D eigenvalue weighted by Crippen LogP contribution is -2.62. The van der Waals surface area contributed by atoms with Crippen LogP contribution in [0.15, 0.2) is 0 Å². The Morgan fingerprint density at radius 2 is 1.96 bits per heavy atom. The van der Waals surface area contributed by atoms with Crippen molar-refractivity contribution in [2.24, 2.45) is 5.73 Å². The second kappa shape index (κ2) is 8.30. The summed E-state index contributed by atoms with van der Waals surface area (Å²) in [6.45, 7) is 6.41. The standard InChI is InChI=1S/C17H33N5O3S/c1-12(23)14(18)16(25)22-5-3-4-17(11-22)19-13(10-26-17)15(24)21-8-6-20(2)7-9-21/h12-14,16,19,23,25H,3-11,18H2,1-2H3/t12-,13+,14+,16?,17?/m1/s1. The van der Waals surface area contributed by atoms with Gasteiger partial charge in [0.15, 0.2) is 0 Å². The second-order valence-electron chi connectivity index (χ2n) is 7.94. The Kier molecular flexibility index (Phi) is 6.49. The summed E-state index contributed by atoms with van der Waals surface area (Å²) >= 11 is 1.78. The number of carbonyl (C=O) groups excluding carboxylic acids is 1. The number of amides is 1. The number of nitrogens with zero attached hydrogens (tertiary/aromatic N) is 3. The number of likely N-dealkylation sites (N-methyl/N-ethyl adjacent to an activating group) is 1. The van der Waals surface area contributed by atoms with E-state index in [-0.39, 0.29) is 16.8 Å². The van der Waals surface area contributed by atoms with Crippen LogP contribution in [0, 0.1) is 0 Å². The number of aliphatic hydroxyl groups excluding tert-OH is 2. The molecule has 8 nitrogen and oxygen atoms in total. The van der Waals surface area contributed by atoms with Crippen LogP contribution in [0.25, 0.3) is 0 Å². The molecular formula is C17H33N5O3S. The first-order valence-electron chi connectivity index (χ1n) is 9.56. The van der Waals surface area contributed by atoms with Crippen molar-refractivity contribution in [2.45, 2.75) is 49.1 Å². The van der Waals surface area contributed by atoms with E-state index in [1.807, 2.05) is 9.80 Å². The van der Waals surface area contributed by atoms with Crippen molar-refractivity contribution in [1.82, 2.24) is 20.0 Å². The quantitative estimate of drug-likeness (QED) is 0.452. The van der Waals surface area contributed by atoms with Gasteiger partial charge >= 0.3 is 0 Å². The van der Waals surface area contributed by atoms with Crippen LogP contribution in [0.2, 0.25) is 0 Å². The fraction of sp³-hybridized carbons (Fsp3) is 0.941. The van der Waals surface area contributed by atoms with Gasteiger partial charge in [-0.3, -0.25) is 15.0 Å². The Balaban J connectivity index is 1.58. The first kappa shape index (κ1) is 20.3. The van der Waals surface area contributed by atoms with Crippen LogP contribution in [-0.4, -0.2) is 112 Å². The van der Waals surface area contributed by atoms with E-state index < -0.39 is 18.4 Å². The molecule has 2 unspecified atom stereocenters. The molecule has 3 fully saturated rings. The molecule has 150 valence electrons. The van der Waals surface area contributed by atoms with Gasteiger partial charge in [0, 0.05) is 45.0 Å². The zero-order valence-corrected chi connectivity index (χ0v) is 16.6. The number of rotatable bonds is 4. The van der Waals surface area contributed by atoms with E-state index >= 15 is 0 Å². The van der Waals surface area contributed by atoms with E-state index in [9.17, 15) is 15.0 Å². The highest BCUT2D eigenvalue weighted by Crippen LogP contribution is 2.39. The van der Waals surface area contributed by atoms with Crippen molar-refractivity contribution in [1.29, 1.82) is 0 Å². The van der Waals surface area contributed by atoms with Gasteiger partial charge in [-0.2, -0.15) is 0 Å². The highest BCUT2D eigenvalue weighted by atomic mass is 32.2. The van der Waals surface area contributed by atoms with Gasteiger partial charge in [0.25, 0.3) is 0 Å². The summed E-state index contributed by atoms with van der Waals surface area (Å²) in [6.07, 6.45) is 0.261. The molecule has 0 radical (unpaired) electrons. The molecule has 3 rings (SSSR count). The second-order valence-corrected chi connectivity index (χ2v) is 9.34. The van der Waals surface area contributed by atoms with E-state index in [0.717, 1.165) is 51.3 Å². The minimum Gasteiger partial charge on any atom is -0.392 e. The van der Waals surface area contributed by atoms with Crippen LogP contribution in [-0.2, 0) is 4.79 Å². The molecule has 26 heavy (non-hydrogen) atoms. The number of thioether (sulfide) groups is 1. The number of aliphatic hydroxyl groups is 2. The summed E-state index contributed by atoms with van der Waals surface area (Å²) in [5.41, 5.74) is 5.93. The highest BCUT2D eigenvalue weighted by molar-refractivity contribution is 8.01. The van der Waals surface area contributed by atoms with E-state index in [2.05, 4.69) is 17.3 Å². The maximum Gasteiger partial charge on any atom is 0.240 e. The average Bonchev–Trinajstić information content (AvgIpc) is 3.03. The number of likely N-dealkylation sites (tertiary alicyclic amines) is 1. The first-order valence-corrected chi connectivity index (χ1v) is 10.5. The molecule has 1 amide bonds. The molecule has 0 saturated carbocycles. The van der Waals surface area contributed by atoms with Gasteiger partial charge in [0.2, 0.25) is 5.91 Å². The molecule has 1 spiro atoms. The molecule has 5 N–H and O–H groups in total. The van der Waals surface area contributed by atoms with Crippen LogP contribution in [0.3, 0.4) is 0 Å². The molecule has 9 heteroatoms. The topological polar surface area (TPSA) is 105 Å². The van der Waals surface area contributed by atoms with E-state index in [0.29, 0.717) is 6.54 Å². The molecule has 3 aliphatic heterocycles. The third kappa shape index (κ3) is 4.35. The number of carbonyl (C=O) groups is 1. The van der Waals surface area contributed by atoms with Crippen molar-refractivity contribution >= 4 is 17.7 Å². The Hall–Kier alpha value is -0.420. The summed E-state index contributed by atoms with van der Waals surface area (Å²) in [4.78, 5) is 18.8. The van der Waals surface area contributed by atoms with Crippen LogP contribution < -0.4 is 11.1 Å². The van der Waals surface area contributed by atoms with Crippen LogP contribution in [0.1, 0.15) is 19.8 Å². The van der Waals surface area contributed by atoms with E-state index in [1.165, 1.54) is 0 Å². The predicted molar refractivity (Wildman–Crippen MR) is 103 cm³/mol. The number of nitrogens with two attached hydrogens (primary N) is 1. The Morgan fingerprint density at radius 1 is 1.27 bits per heavy atom. The fourth-order valence-electron chi connectivity index (χ4n) is 4.03. The summed E-state index contributed by atoms with van der Waals surface area (Å²) in [6, 6.07) is -0.856. The minimum absolute atomic E-state index is 0.161. The summed E-state index contributed by atoms with van der Waals surface area (Å²) in [7, 11) is 2.08. The van der Waals surface area contributed by atoms with Gasteiger partial charge in [-0.1, -0.05) is 0 Å². The summed E-state index contributed by atoms with van der Waals surface area (Å²) < 4.78 is 0. The van der Waals surface area contributed by atoms with Gasteiger partial charge in [-0.05, 0) is 26.8 Å². The van der Waals surface area contributed by atoms with Crippen molar-refractivity contribution in [3.63, 3.8) is 0 Å². The van der Waals surface area contributed by atoms with Gasteiger partial charge < -0.3 is 25.7 Å². The van der Waals surface area contributed by atoms with Crippen LogP contribution in [0.5, 0.6) is 0 Å². The third-order valence-corrected chi connectivity index (χ3v) is 7.34. The van der Waals surface area contributed by atoms with Crippen LogP contribution >= 0.6 is 11.8 Å². The predicted octanol–water partition coefficient (Wildman–Crippen LogP) is -1.72. The maximum atomic E-state index is 12.9. The van der Waals surface area contributed by atoms with Gasteiger partial charge in [0.05, 0.1) is 23.1 Å². The van der Waals surface area contributed by atoms with Gasteiger partial charge in [-0.25, -0.2) is 0 Å². The summed E-state index contributed by atoms with van der Waals surface area (Å²) in [5.74, 6) is 0.957. The molecule has 3 saturated heterocycles. The maximum absolute atomic E-state index is 12.9. The largest absolute Gasteiger partial charge is 0.392 e. The Morgan fingerprint density at radius 3 is 2.62 bits per heavy atom. The van der Waals surface area contributed by atoms with Crippen molar-refractivity contribution in [2.75, 3.05) is 52.1 Å². The molecule has 5 atom stereocenters. The fourth-order valence-corrected chi connectivity index (χ4v) is 5.51. The lowest BCUT2D eigenvalue weighted by molar-refractivity contribution is -0.134. The molecule has 0 bridgehead atoms. The van der Waals surface area contributed by atoms with E-state index in [4.69, 9.17) is 5.73 Å². The minimum atomic E-state index is -0.873. The zero-order valence-electron chi connectivity index (χ0n) is 15.8. The smallest absolute Gasteiger partial charge is 0.240 e. The first-order chi connectivity index (χ1) is 12.3. The van der Waals surface area contributed by atoms with E-state index in [1.54, 1.807) is 18.7 Å². The molecular weight excluding hydrogens is 354 g/mol.